The molecule has 0 saturated heterocycles. The second kappa shape index (κ2) is 3.83. The molecular weight excluding hydrogens is 260 g/mol. The predicted octanol–water partition coefficient (Wildman–Crippen LogP) is 1.73. The van der Waals surface area contributed by atoms with Crippen molar-refractivity contribution in [2.75, 3.05) is 0 Å². The van der Waals surface area contributed by atoms with Gasteiger partial charge >= 0.3 is 0 Å². The molecule has 0 radical (unpaired) electrons. The molecule has 4 nitrogen and oxygen atoms in total. The number of hydrogen-bond acceptors (Lipinski definition) is 3. The molecule has 80 valence electrons. The van der Waals surface area contributed by atoms with Gasteiger partial charge in [-0.15, -0.1) is 0 Å². The van der Waals surface area contributed by atoms with Crippen LogP contribution in [-0.2, 0) is 6.42 Å². The minimum Gasteiger partial charge on any atom is -0.506 e. The molecule has 0 aliphatic carbocycles. The third-order valence-corrected chi connectivity index (χ3v) is 2.70. The third-order valence-electron chi connectivity index (χ3n) is 2.15. The highest BCUT2D eigenvalue weighted by Gasteiger charge is 2.13. The van der Waals surface area contributed by atoms with E-state index >= 15 is 0 Å². The van der Waals surface area contributed by atoms with E-state index in [4.69, 9.17) is 0 Å². The molecular formula is C10H11BrN2O2. The van der Waals surface area contributed by atoms with Gasteiger partial charge in [0.25, 0.3) is 0 Å². The Morgan fingerprint density at radius 2 is 2.33 bits per heavy atom. The number of imidazole rings is 1. The monoisotopic (exact) mass is 270 g/mol. The zero-order chi connectivity index (χ0) is 11.0. The Kier molecular flexibility index (Phi) is 2.67. The number of rotatable bonds is 2. The van der Waals surface area contributed by atoms with Gasteiger partial charge in [0.05, 0.1) is 6.10 Å². The molecule has 0 saturated carbocycles. The summed E-state index contributed by atoms with van der Waals surface area (Å²) in [4.78, 5) is 4.25. The summed E-state index contributed by atoms with van der Waals surface area (Å²) < 4.78 is 2.36. The quantitative estimate of drug-likeness (QED) is 0.874. The lowest BCUT2D eigenvalue weighted by Crippen LogP contribution is -2.07. The number of pyridine rings is 1. The molecule has 2 heterocycles. The number of halogens is 1. The van der Waals surface area contributed by atoms with Crippen LogP contribution in [0.5, 0.6) is 5.75 Å². The Bertz CT molecular complexity index is 493. The van der Waals surface area contributed by atoms with Crippen molar-refractivity contribution in [1.82, 2.24) is 9.38 Å². The van der Waals surface area contributed by atoms with Crippen LogP contribution < -0.4 is 0 Å². The van der Waals surface area contributed by atoms with Crippen LogP contribution in [-0.4, -0.2) is 25.7 Å². The average molecular weight is 271 g/mol. The smallest absolute Gasteiger partial charge is 0.142 e. The highest BCUT2D eigenvalue weighted by Crippen LogP contribution is 2.27. The molecule has 1 unspecified atom stereocenters. The molecule has 0 spiro atoms. The first-order valence-corrected chi connectivity index (χ1v) is 5.41. The molecule has 2 aromatic rings. The highest BCUT2D eigenvalue weighted by atomic mass is 79.9. The minimum absolute atomic E-state index is 0.175. The number of aliphatic hydroxyl groups excluding tert-OH is 1. The Hall–Kier alpha value is -1.07. The van der Waals surface area contributed by atoms with E-state index in [1.54, 1.807) is 23.5 Å². The fourth-order valence-corrected chi connectivity index (χ4v) is 2.14. The van der Waals surface area contributed by atoms with Crippen LogP contribution in [0.4, 0.5) is 0 Å². The molecule has 2 N–H and O–H groups in total. The van der Waals surface area contributed by atoms with E-state index in [1.807, 2.05) is 6.20 Å². The van der Waals surface area contributed by atoms with Gasteiger partial charge in [0.2, 0.25) is 0 Å². The molecule has 2 rings (SSSR count). The molecule has 15 heavy (non-hydrogen) atoms. The topological polar surface area (TPSA) is 57.8 Å². The summed E-state index contributed by atoms with van der Waals surface area (Å²) >= 11 is 3.28. The fraction of sp³-hybridized carbons (Fsp3) is 0.300. The zero-order valence-electron chi connectivity index (χ0n) is 8.18. The van der Waals surface area contributed by atoms with Crippen LogP contribution in [0.3, 0.4) is 0 Å². The summed E-state index contributed by atoms with van der Waals surface area (Å²) in [6.45, 7) is 1.71. The normalized spacial score (nSPS) is 13.3. The van der Waals surface area contributed by atoms with Crippen LogP contribution in [0, 0.1) is 0 Å². The number of aromatic hydroxyl groups is 1. The van der Waals surface area contributed by atoms with E-state index in [2.05, 4.69) is 20.9 Å². The summed E-state index contributed by atoms with van der Waals surface area (Å²) in [5, 5.41) is 19.0. The largest absolute Gasteiger partial charge is 0.506 e. The second-order valence-electron chi connectivity index (χ2n) is 3.48. The summed E-state index contributed by atoms with van der Waals surface area (Å²) in [6, 6.07) is 3.34. The van der Waals surface area contributed by atoms with E-state index in [0.717, 1.165) is 5.82 Å². The van der Waals surface area contributed by atoms with Gasteiger partial charge in [-0.05, 0) is 35.0 Å². The molecule has 0 aliphatic rings. The standard InChI is InChI=1S/C10H11BrN2O2/c1-6(14)5-8-12-10(11)9-7(15)3-2-4-13(8)9/h2-4,6,14-15H,5H2,1H3. The van der Waals surface area contributed by atoms with Gasteiger partial charge in [-0.3, -0.25) is 4.40 Å². The summed E-state index contributed by atoms with van der Waals surface area (Å²) in [7, 11) is 0. The Morgan fingerprint density at radius 1 is 1.60 bits per heavy atom. The van der Waals surface area contributed by atoms with Crippen molar-refractivity contribution in [3.05, 3.63) is 28.8 Å². The van der Waals surface area contributed by atoms with Crippen LogP contribution in [0.1, 0.15) is 12.7 Å². The molecule has 5 heteroatoms. The first-order chi connectivity index (χ1) is 7.09. The summed E-state index contributed by atoms with van der Waals surface area (Å²) in [5.74, 6) is 0.900. The van der Waals surface area contributed by atoms with Gasteiger partial charge in [0.15, 0.2) is 0 Å². The summed E-state index contributed by atoms with van der Waals surface area (Å²) in [5.41, 5.74) is 0.633. The number of aliphatic hydroxyl groups is 1. The first-order valence-electron chi connectivity index (χ1n) is 4.62. The molecule has 0 bridgehead atoms. The SMILES string of the molecule is CC(O)Cc1nc(Br)c2c(O)cccn12. The van der Waals surface area contributed by atoms with E-state index in [9.17, 15) is 10.2 Å². The van der Waals surface area contributed by atoms with Crippen molar-refractivity contribution in [2.45, 2.75) is 19.4 Å². The van der Waals surface area contributed by atoms with Crippen LogP contribution in [0.15, 0.2) is 22.9 Å². The molecule has 2 aromatic heterocycles. The van der Waals surface area contributed by atoms with E-state index in [-0.39, 0.29) is 5.75 Å². The van der Waals surface area contributed by atoms with Crippen molar-refractivity contribution in [2.24, 2.45) is 0 Å². The highest BCUT2D eigenvalue weighted by molar-refractivity contribution is 9.10. The predicted molar refractivity (Wildman–Crippen MR) is 59.9 cm³/mol. The average Bonchev–Trinajstić information content (AvgIpc) is 2.44. The molecule has 0 aliphatic heterocycles. The molecule has 0 fully saturated rings. The van der Waals surface area contributed by atoms with Gasteiger partial charge in [0, 0.05) is 12.6 Å². The fourth-order valence-electron chi connectivity index (χ4n) is 1.55. The first kappa shape index (κ1) is 10.4. The molecule has 0 aromatic carbocycles. The van der Waals surface area contributed by atoms with Crippen molar-refractivity contribution in [1.29, 1.82) is 0 Å². The number of fused-ring (bicyclic) bond motifs is 1. The van der Waals surface area contributed by atoms with Crippen molar-refractivity contribution >= 4 is 21.4 Å². The van der Waals surface area contributed by atoms with Crippen LogP contribution in [0.25, 0.3) is 5.52 Å². The third kappa shape index (κ3) is 1.85. The van der Waals surface area contributed by atoms with E-state index < -0.39 is 6.10 Å². The van der Waals surface area contributed by atoms with Crippen molar-refractivity contribution in [3.63, 3.8) is 0 Å². The maximum atomic E-state index is 9.65. The Balaban J connectivity index is 2.63. The molecule has 0 amide bonds. The van der Waals surface area contributed by atoms with Gasteiger partial charge in [-0.1, -0.05) is 0 Å². The lowest BCUT2D eigenvalue weighted by atomic mass is 10.3. The number of aromatic nitrogens is 2. The second-order valence-corrected chi connectivity index (χ2v) is 4.24. The maximum absolute atomic E-state index is 9.65. The minimum atomic E-state index is -0.454. The summed E-state index contributed by atoms with van der Waals surface area (Å²) in [6.07, 6.45) is 1.81. The van der Waals surface area contributed by atoms with Crippen LogP contribution in [0.2, 0.25) is 0 Å². The molecule has 1 atom stereocenters. The number of hydrogen-bond donors (Lipinski definition) is 2. The van der Waals surface area contributed by atoms with Gasteiger partial charge in [-0.2, -0.15) is 0 Å². The van der Waals surface area contributed by atoms with Gasteiger partial charge < -0.3 is 10.2 Å². The lowest BCUT2D eigenvalue weighted by molar-refractivity contribution is 0.192. The van der Waals surface area contributed by atoms with Crippen LogP contribution >= 0.6 is 15.9 Å². The zero-order valence-corrected chi connectivity index (χ0v) is 9.77. The number of nitrogens with zero attached hydrogens (tertiary/aromatic N) is 2. The van der Waals surface area contributed by atoms with E-state index in [1.165, 1.54) is 0 Å². The lowest BCUT2D eigenvalue weighted by Gasteiger charge is -2.03. The van der Waals surface area contributed by atoms with Crippen molar-refractivity contribution < 1.29 is 10.2 Å². The van der Waals surface area contributed by atoms with Gasteiger partial charge in [0.1, 0.15) is 21.7 Å². The van der Waals surface area contributed by atoms with E-state index in [0.29, 0.717) is 16.5 Å². The Morgan fingerprint density at radius 3 is 3.00 bits per heavy atom. The Labute approximate surface area is 95.3 Å². The maximum Gasteiger partial charge on any atom is 0.142 e. The van der Waals surface area contributed by atoms with Crippen molar-refractivity contribution in [3.8, 4) is 5.75 Å². The van der Waals surface area contributed by atoms with Gasteiger partial charge in [-0.25, -0.2) is 4.98 Å².